The van der Waals surface area contributed by atoms with Crippen molar-refractivity contribution in [3.63, 3.8) is 0 Å². The molecule has 1 aliphatic heterocycles. The van der Waals surface area contributed by atoms with Crippen molar-refractivity contribution in [2.45, 2.75) is 38.1 Å². The summed E-state index contributed by atoms with van der Waals surface area (Å²) in [5.41, 5.74) is 1.12. The van der Waals surface area contributed by atoms with Crippen LogP contribution in [0.4, 0.5) is 5.69 Å². The van der Waals surface area contributed by atoms with Gasteiger partial charge in [-0.15, -0.1) is 0 Å². The van der Waals surface area contributed by atoms with E-state index in [4.69, 9.17) is 28.2 Å². The summed E-state index contributed by atoms with van der Waals surface area (Å²) in [5, 5.41) is 5.53. The van der Waals surface area contributed by atoms with Gasteiger partial charge in [-0.3, -0.25) is 4.99 Å². The van der Waals surface area contributed by atoms with E-state index in [1.165, 1.54) is 25.7 Å². The molecule has 2 aliphatic rings. The molecular weight excluding hydrogens is 311 g/mol. The van der Waals surface area contributed by atoms with E-state index in [9.17, 15) is 0 Å². The van der Waals surface area contributed by atoms with E-state index in [-0.39, 0.29) is 5.54 Å². The van der Waals surface area contributed by atoms with Gasteiger partial charge >= 0.3 is 0 Å². The molecule has 1 saturated carbocycles. The van der Waals surface area contributed by atoms with Crippen molar-refractivity contribution in [1.29, 1.82) is 0 Å². The molecule has 0 radical (unpaired) electrons. The topological polar surface area (TPSA) is 24.4 Å². The SMILES string of the molecule is CC1CCCC2(CSC(Nc3ccc(Cl)c(Cl)c3)=N2)C1. The van der Waals surface area contributed by atoms with Crippen LogP contribution in [0.3, 0.4) is 0 Å². The van der Waals surface area contributed by atoms with Gasteiger partial charge in [0.05, 0.1) is 15.6 Å². The van der Waals surface area contributed by atoms with Crippen molar-refractivity contribution in [3.8, 4) is 0 Å². The lowest BCUT2D eigenvalue weighted by Crippen LogP contribution is -2.33. The molecule has 1 N–H and O–H groups in total. The number of thioether (sulfide) groups is 1. The van der Waals surface area contributed by atoms with E-state index in [0.717, 1.165) is 22.5 Å². The molecule has 1 aromatic carbocycles. The van der Waals surface area contributed by atoms with E-state index in [1.807, 2.05) is 30.0 Å². The molecule has 1 spiro atoms. The van der Waals surface area contributed by atoms with Crippen molar-refractivity contribution in [2.75, 3.05) is 11.1 Å². The van der Waals surface area contributed by atoms with Crippen molar-refractivity contribution < 1.29 is 0 Å². The highest BCUT2D eigenvalue weighted by atomic mass is 35.5. The normalized spacial score (nSPS) is 29.6. The number of benzene rings is 1. The van der Waals surface area contributed by atoms with Crippen molar-refractivity contribution >= 4 is 45.8 Å². The first-order valence-corrected chi connectivity index (χ1v) is 8.75. The van der Waals surface area contributed by atoms with Crippen LogP contribution in [0.15, 0.2) is 23.2 Å². The lowest BCUT2D eigenvalue weighted by Gasteiger charge is -2.33. The number of anilines is 1. The van der Waals surface area contributed by atoms with Crippen LogP contribution in [-0.4, -0.2) is 16.5 Å². The lowest BCUT2D eigenvalue weighted by atomic mass is 9.78. The fraction of sp³-hybridized carbons (Fsp3) is 0.533. The number of halogens is 2. The van der Waals surface area contributed by atoms with Crippen LogP contribution in [0.25, 0.3) is 0 Å². The van der Waals surface area contributed by atoms with Gasteiger partial charge in [-0.1, -0.05) is 54.7 Å². The number of hydrogen-bond acceptors (Lipinski definition) is 3. The predicted molar refractivity (Wildman–Crippen MR) is 90.3 cm³/mol. The number of nitrogens with one attached hydrogen (secondary N) is 1. The number of nitrogens with zero attached hydrogens (tertiary/aromatic N) is 1. The Hall–Kier alpha value is -0.380. The summed E-state index contributed by atoms with van der Waals surface area (Å²) in [4.78, 5) is 4.97. The van der Waals surface area contributed by atoms with E-state index < -0.39 is 0 Å². The van der Waals surface area contributed by atoms with Gasteiger partial charge in [0.25, 0.3) is 0 Å². The Balaban J connectivity index is 1.73. The first kappa shape index (κ1) is 14.6. The summed E-state index contributed by atoms with van der Waals surface area (Å²) < 4.78 is 0. The first-order chi connectivity index (χ1) is 9.56. The first-order valence-electron chi connectivity index (χ1n) is 7.01. The standard InChI is InChI=1S/C15H18Cl2N2S/c1-10-3-2-6-15(8-10)9-20-14(19-15)18-11-4-5-12(16)13(17)7-11/h4-5,7,10H,2-3,6,8-9H2,1H3,(H,18,19). The molecule has 1 aliphatic carbocycles. The number of rotatable bonds is 1. The van der Waals surface area contributed by atoms with Crippen molar-refractivity contribution in [2.24, 2.45) is 10.9 Å². The van der Waals surface area contributed by atoms with Crippen LogP contribution in [0.2, 0.25) is 10.0 Å². The van der Waals surface area contributed by atoms with Crippen LogP contribution >= 0.6 is 35.0 Å². The Bertz CT molecular complexity index is 547. The fourth-order valence-electron chi connectivity index (χ4n) is 3.11. The highest BCUT2D eigenvalue weighted by Crippen LogP contribution is 2.42. The zero-order chi connectivity index (χ0) is 14.2. The molecule has 0 saturated heterocycles. The molecule has 1 heterocycles. The maximum Gasteiger partial charge on any atom is 0.161 e. The van der Waals surface area contributed by atoms with E-state index in [2.05, 4.69) is 12.2 Å². The average molecular weight is 329 g/mol. The molecule has 0 amide bonds. The monoisotopic (exact) mass is 328 g/mol. The number of aliphatic imine (C=N–C) groups is 1. The van der Waals surface area contributed by atoms with Gasteiger partial charge in [-0.2, -0.15) is 0 Å². The maximum atomic E-state index is 6.04. The molecule has 2 atom stereocenters. The second-order valence-electron chi connectivity index (χ2n) is 5.89. The largest absolute Gasteiger partial charge is 0.335 e. The molecule has 1 aromatic rings. The smallest absolute Gasteiger partial charge is 0.161 e. The Morgan fingerprint density at radius 2 is 2.20 bits per heavy atom. The third-order valence-electron chi connectivity index (χ3n) is 4.05. The van der Waals surface area contributed by atoms with Crippen LogP contribution in [-0.2, 0) is 0 Å². The molecule has 5 heteroatoms. The quantitative estimate of drug-likeness (QED) is 0.740. The molecule has 3 rings (SSSR count). The van der Waals surface area contributed by atoms with Gasteiger partial charge in [-0.25, -0.2) is 0 Å². The highest BCUT2D eigenvalue weighted by molar-refractivity contribution is 8.14. The zero-order valence-corrected chi connectivity index (χ0v) is 13.8. The van der Waals surface area contributed by atoms with Gasteiger partial charge in [-0.05, 0) is 37.0 Å². The Labute approximate surface area is 134 Å². The molecule has 2 nitrogen and oxygen atoms in total. The van der Waals surface area contributed by atoms with Crippen LogP contribution in [0.5, 0.6) is 0 Å². The lowest BCUT2D eigenvalue weighted by molar-refractivity contribution is 0.266. The Morgan fingerprint density at radius 1 is 1.35 bits per heavy atom. The minimum Gasteiger partial charge on any atom is -0.335 e. The van der Waals surface area contributed by atoms with Gasteiger partial charge in [0, 0.05) is 11.4 Å². The minimum atomic E-state index is 0.168. The summed E-state index contributed by atoms with van der Waals surface area (Å²) in [6.07, 6.45) is 5.08. The van der Waals surface area contributed by atoms with Crippen LogP contribution in [0, 0.1) is 5.92 Å². The molecule has 0 aromatic heterocycles. The maximum absolute atomic E-state index is 6.04. The van der Waals surface area contributed by atoms with E-state index >= 15 is 0 Å². The van der Waals surface area contributed by atoms with Gasteiger partial charge < -0.3 is 5.32 Å². The molecule has 0 bridgehead atoms. The number of hydrogen-bond donors (Lipinski definition) is 1. The minimum absolute atomic E-state index is 0.168. The summed E-state index contributed by atoms with van der Waals surface area (Å²) in [7, 11) is 0. The Morgan fingerprint density at radius 3 is 2.95 bits per heavy atom. The van der Waals surface area contributed by atoms with Crippen molar-refractivity contribution in [1.82, 2.24) is 0 Å². The summed E-state index contributed by atoms with van der Waals surface area (Å²) in [6.45, 7) is 2.34. The second kappa shape index (κ2) is 5.78. The number of amidine groups is 1. The highest BCUT2D eigenvalue weighted by Gasteiger charge is 2.39. The average Bonchev–Trinajstić information content (AvgIpc) is 2.76. The summed E-state index contributed by atoms with van der Waals surface area (Å²) in [5.74, 6) is 1.89. The van der Waals surface area contributed by atoms with Crippen LogP contribution in [0.1, 0.15) is 32.6 Å². The molecular formula is C15H18Cl2N2S. The summed E-state index contributed by atoms with van der Waals surface area (Å²) >= 11 is 13.8. The Kier molecular flexibility index (Phi) is 4.21. The molecule has 108 valence electrons. The molecule has 2 unspecified atom stereocenters. The van der Waals surface area contributed by atoms with Crippen molar-refractivity contribution in [3.05, 3.63) is 28.2 Å². The molecule has 1 fully saturated rings. The third kappa shape index (κ3) is 3.10. The van der Waals surface area contributed by atoms with Gasteiger partial charge in [0.15, 0.2) is 5.17 Å². The third-order valence-corrected chi connectivity index (χ3v) is 5.94. The summed E-state index contributed by atoms with van der Waals surface area (Å²) in [6, 6.07) is 5.60. The van der Waals surface area contributed by atoms with E-state index in [0.29, 0.717) is 10.0 Å². The van der Waals surface area contributed by atoms with Gasteiger partial charge in [0.1, 0.15) is 0 Å². The molecule has 20 heavy (non-hydrogen) atoms. The fourth-order valence-corrected chi connectivity index (χ4v) is 4.59. The van der Waals surface area contributed by atoms with Crippen LogP contribution < -0.4 is 5.32 Å². The van der Waals surface area contributed by atoms with E-state index in [1.54, 1.807) is 0 Å². The zero-order valence-electron chi connectivity index (χ0n) is 11.5. The second-order valence-corrected chi connectivity index (χ2v) is 7.66. The predicted octanol–water partition coefficient (Wildman–Crippen LogP) is 5.46. The van der Waals surface area contributed by atoms with Gasteiger partial charge in [0.2, 0.25) is 0 Å².